The summed E-state index contributed by atoms with van der Waals surface area (Å²) in [7, 11) is 1.97. The molecule has 0 heterocycles. The molecule has 0 aliphatic heterocycles. The molecule has 1 rings (SSSR count). The zero-order valence-corrected chi connectivity index (χ0v) is 9.07. The van der Waals surface area contributed by atoms with Crippen LogP contribution in [0.2, 0.25) is 0 Å². The summed E-state index contributed by atoms with van der Waals surface area (Å²) in [6.45, 7) is 2.56. The molecule has 14 heavy (non-hydrogen) atoms. The maximum Gasteiger partial charge on any atom is 0.234 e. The maximum atomic E-state index is 11.0. The van der Waals surface area contributed by atoms with Crippen molar-refractivity contribution in [3.8, 4) is 0 Å². The van der Waals surface area contributed by atoms with E-state index in [1.807, 2.05) is 14.0 Å². The summed E-state index contributed by atoms with van der Waals surface area (Å²) in [5.41, 5.74) is 11.0. The zero-order chi connectivity index (χ0) is 10.7. The van der Waals surface area contributed by atoms with E-state index >= 15 is 0 Å². The molecule has 0 radical (unpaired) electrons. The van der Waals surface area contributed by atoms with Gasteiger partial charge in [-0.15, -0.1) is 0 Å². The molecule has 4 nitrogen and oxygen atoms in total. The Bertz CT molecular complexity index is 208. The number of likely N-dealkylation sites (N-methyl/N-ethyl adjacent to an activating group) is 1. The van der Waals surface area contributed by atoms with E-state index in [2.05, 4.69) is 4.90 Å². The lowest BCUT2D eigenvalue weighted by molar-refractivity contribution is -0.123. The van der Waals surface area contributed by atoms with Crippen LogP contribution >= 0.6 is 0 Å². The molecule has 0 aromatic rings. The van der Waals surface area contributed by atoms with E-state index in [0.29, 0.717) is 18.5 Å². The molecule has 1 aliphatic rings. The highest BCUT2D eigenvalue weighted by Crippen LogP contribution is 2.29. The van der Waals surface area contributed by atoms with Gasteiger partial charge in [-0.2, -0.15) is 0 Å². The van der Waals surface area contributed by atoms with Gasteiger partial charge >= 0.3 is 0 Å². The molecule has 82 valence electrons. The average molecular weight is 199 g/mol. The third-order valence-corrected chi connectivity index (χ3v) is 3.47. The van der Waals surface area contributed by atoms with Gasteiger partial charge in [-0.3, -0.25) is 9.69 Å². The molecule has 1 saturated carbocycles. The first-order chi connectivity index (χ1) is 6.57. The predicted molar refractivity (Wildman–Crippen MR) is 56.6 cm³/mol. The van der Waals surface area contributed by atoms with Crippen molar-refractivity contribution in [3.63, 3.8) is 0 Å². The van der Waals surface area contributed by atoms with Crippen molar-refractivity contribution in [2.24, 2.45) is 17.4 Å². The molecular weight excluding hydrogens is 178 g/mol. The summed E-state index contributed by atoms with van der Waals surface area (Å²) in [5, 5.41) is 0. The molecule has 0 saturated heterocycles. The normalized spacial score (nSPS) is 29.4. The minimum Gasteiger partial charge on any atom is -0.368 e. The van der Waals surface area contributed by atoms with E-state index in [1.54, 1.807) is 0 Å². The van der Waals surface area contributed by atoms with Crippen molar-refractivity contribution in [3.05, 3.63) is 0 Å². The van der Waals surface area contributed by atoms with Crippen molar-refractivity contribution in [2.75, 3.05) is 13.6 Å². The summed E-state index contributed by atoms with van der Waals surface area (Å²) in [5.74, 6) is 0.275. The van der Waals surface area contributed by atoms with Gasteiger partial charge in [0.15, 0.2) is 0 Å². The van der Waals surface area contributed by atoms with E-state index in [1.165, 1.54) is 12.8 Å². The monoisotopic (exact) mass is 199 g/mol. The lowest BCUT2D eigenvalue weighted by Crippen LogP contribution is -2.48. The van der Waals surface area contributed by atoms with Gasteiger partial charge in [0.2, 0.25) is 5.91 Å². The van der Waals surface area contributed by atoms with Crippen molar-refractivity contribution in [1.29, 1.82) is 0 Å². The van der Waals surface area contributed by atoms with Crippen LogP contribution in [-0.2, 0) is 4.79 Å². The number of nitrogens with two attached hydrogens (primary N) is 2. The van der Waals surface area contributed by atoms with Crippen LogP contribution in [0.5, 0.6) is 0 Å². The lowest BCUT2D eigenvalue weighted by atomic mass is 10.0. The van der Waals surface area contributed by atoms with Crippen LogP contribution in [0.25, 0.3) is 0 Å². The summed E-state index contributed by atoms with van der Waals surface area (Å²) in [6, 6.07) is 0.245. The van der Waals surface area contributed by atoms with E-state index in [4.69, 9.17) is 11.5 Å². The highest BCUT2D eigenvalue weighted by Gasteiger charge is 2.32. The topological polar surface area (TPSA) is 72.4 Å². The molecule has 1 amide bonds. The fourth-order valence-corrected chi connectivity index (χ4v) is 2.32. The fourth-order valence-electron chi connectivity index (χ4n) is 2.32. The molecular formula is C10H21N3O. The maximum absolute atomic E-state index is 11.0. The highest BCUT2D eigenvalue weighted by molar-refractivity contribution is 5.79. The second kappa shape index (κ2) is 4.75. The molecule has 0 spiro atoms. The predicted octanol–water partition coefficient (Wildman–Crippen LogP) is -0.0806. The largest absolute Gasteiger partial charge is 0.368 e. The molecule has 4 heteroatoms. The van der Waals surface area contributed by atoms with E-state index in [-0.39, 0.29) is 11.9 Å². The van der Waals surface area contributed by atoms with E-state index in [0.717, 1.165) is 6.42 Å². The number of carbonyl (C=O) groups is 1. The molecule has 3 unspecified atom stereocenters. The van der Waals surface area contributed by atoms with Gasteiger partial charge in [0.25, 0.3) is 0 Å². The number of hydrogen-bond acceptors (Lipinski definition) is 3. The van der Waals surface area contributed by atoms with Gasteiger partial charge in [-0.25, -0.2) is 0 Å². The Hall–Kier alpha value is -0.610. The molecule has 1 aliphatic carbocycles. The van der Waals surface area contributed by atoms with E-state index < -0.39 is 0 Å². The lowest BCUT2D eigenvalue weighted by Gasteiger charge is -2.32. The minimum atomic E-state index is -0.254. The highest BCUT2D eigenvalue weighted by atomic mass is 16.1. The Morgan fingerprint density at radius 3 is 2.71 bits per heavy atom. The van der Waals surface area contributed by atoms with Crippen molar-refractivity contribution < 1.29 is 4.79 Å². The van der Waals surface area contributed by atoms with Gasteiger partial charge in [0.1, 0.15) is 0 Å². The number of carbonyl (C=O) groups excluding carboxylic acids is 1. The molecule has 0 bridgehead atoms. The van der Waals surface area contributed by atoms with Gasteiger partial charge in [0.05, 0.1) is 6.04 Å². The van der Waals surface area contributed by atoms with Crippen molar-refractivity contribution in [1.82, 2.24) is 4.90 Å². The number of amides is 1. The quantitative estimate of drug-likeness (QED) is 0.665. The van der Waals surface area contributed by atoms with Crippen LogP contribution in [0.1, 0.15) is 26.2 Å². The fraction of sp³-hybridized carbons (Fsp3) is 0.900. The van der Waals surface area contributed by atoms with Gasteiger partial charge in [-0.05, 0) is 39.3 Å². The average Bonchev–Trinajstić information content (AvgIpc) is 2.62. The van der Waals surface area contributed by atoms with Crippen LogP contribution < -0.4 is 11.5 Å². The van der Waals surface area contributed by atoms with Gasteiger partial charge in [-0.1, -0.05) is 6.42 Å². The number of primary amides is 1. The van der Waals surface area contributed by atoms with Crippen LogP contribution in [-0.4, -0.2) is 36.5 Å². The smallest absolute Gasteiger partial charge is 0.234 e. The Balaban J connectivity index is 2.58. The Labute approximate surface area is 85.6 Å². The van der Waals surface area contributed by atoms with Crippen molar-refractivity contribution >= 4 is 5.91 Å². The van der Waals surface area contributed by atoms with Crippen LogP contribution in [0, 0.1) is 5.92 Å². The second-order valence-corrected chi connectivity index (χ2v) is 4.24. The second-order valence-electron chi connectivity index (χ2n) is 4.24. The molecule has 0 aromatic carbocycles. The number of rotatable bonds is 4. The standard InChI is InChI=1S/C10H21N3O/c1-7(10(12)14)13(2)9-5-3-4-8(9)6-11/h7-9H,3-6,11H2,1-2H3,(H2,12,14). The van der Waals surface area contributed by atoms with Crippen LogP contribution in [0.15, 0.2) is 0 Å². The summed E-state index contributed by atoms with van der Waals surface area (Å²) >= 11 is 0. The first-order valence-corrected chi connectivity index (χ1v) is 5.29. The first-order valence-electron chi connectivity index (χ1n) is 5.29. The van der Waals surface area contributed by atoms with Crippen LogP contribution in [0.3, 0.4) is 0 Å². The summed E-state index contributed by atoms with van der Waals surface area (Å²) < 4.78 is 0. The summed E-state index contributed by atoms with van der Waals surface area (Å²) in [6.07, 6.45) is 3.52. The Kier molecular flexibility index (Phi) is 3.89. The molecule has 3 atom stereocenters. The zero-order valence-electron chi connectivity index (χ0n) is 9.07. The van der Waals surface area contributed by atoms with Crippen molar-refractivity contribution in [2.45, 2.75) is 38.3 Å². The van der Waals surface area contributed by atoms with Crippen LogP contribution in [0.4, 0.5) is 0 Å². The third-order valence-electron chi connectivity index (χ3n) is 3.47. The molecule has 0 aromatic heterocycles. The van der Waals surface area contributed by atoms with Gasteiger partial charge in [0, 0.05) is 6.04 Å². The number of nitrogens with zero attached hydrogens (tertiary/aromatic N) is 1. The Morgan fingerprint density at radius 2 is 2.21 bits per heavy atom. The first kappa shape index (κ1) is 11.5. The molecule has 4 N–H and O–H groups in total. The molecule has 1 fully saturated rings. The SMILES string of the molecule is CC(C(N)=O)N(C)C1CCCC1CN. The third kappa shape index (κ3) is 2.25. The minimum absolute atomic E-state index is 0.188. The van der Waals surface area contributed by atoms with E-state index in [9.17, 15) is 4.79 Å². The summed E-state index contributed by atoms with van der Waals surface area (Å²) in [4.78, 5) is 13.1. The number of hydrogen-bond donors (Lipinski definition) is 2. The Morgan fingerprint density at radius 1 is 1.57 bits per heavy atom. The van der Waals surface area contributed by atoms with Gasteiger partial charge < -0.3 is 11.5 Å².